The van der Waals surface area contributed by atoms with E-state index in [9.17, 15) is 14.7 Å². The molecule has 19 heavy (non-hydrogen) atoms. The molecule has 2 N–H and O–H groups in total. The largest absolute Gasteiger partial charge is 0.480 e. The third-order valence-electron chi connectivity index (χ3n) is 3.96. The van der Waals surface area contributed by atoms with Gasteiger partial charge >= 0.3 is 12.0 Å². The summed E-state index contributed by atoms with van der Waals surface area (Å²) >= 11 is 1.91. The van der Waals surface area contributed by atoms with E-state index >= 15 is 0 Å². The van der Waals surface area contributed by atoms with Gasteiger partial charge in [0.15, 0.2) is 0 Å². The minimum Gasteiger partial charge on any atom is -0.480 e. The zero-order valence-corrected chi connectivity index (χ0v) is 12.1. The minimum atomic E-state index is -0.888. The molecule has 2 atom stereocenters. The van der Waals surface area contributed by atoms with Gasteiger partial charge in [-0.05, 0) is 43.1 Å². The lowest BCUT2D eigenvalue weighted by Gasteiger charge is -2.37. The Morgan fingerprint density at radius 3 is 2.58 bits per heavy atom. The molecule has 6 heteroatoms. The average molecular weight is 286 g/mol. The maximum atomic E-state index is 12.2. The predicted octanol–water partition coefficient (Wildman–Crippen LogP) is 1.78. The van der Waals surface area contributed by atoms with Gasteiger partial charge in [-0.2, -0.15) is 11.8 Å². The smallest absolute Gasteiger partial charge is 0.326 e. The normalized spacial score (nSPS) is 29.0. The number of hydrogen-bond acceptors (Lipinski definition) is 3. The van der Waals surface area contributed by atoms with E-state index in [0.717, 1.165) is 30.8 Å². The van der Waals surface area contributed by atoms with Gasteiger partial charge in [-0.15, -0.1) is 0 Å². The number of amides is 2. The van der Waals surface area contributed by atoms with Crippen molar-refractivity contribution in [3.63, 3.8) is 0 Å². The summed E-state index contributed by atoms with van der Waals surface area (Å²) in [5.74, 6) is 1.63. The number of hydrogen-bond donors (Lipinski definition) is 2. The number of aliphatic carboxylic acids is 1. The van der Waals surface area contributed by atoms with Crippen LogP contribution in [0.5, 0.6) is 0 Å². The standard InChI is InChI=1S/C13H22N2O3S/c1-9-2-5-15(11(8-9)12(16)17)13(18)14-10-3-6-19-7-4-10/h9-11H,2-8H2,1H3,(H,14,18)(H,16,17). The highest BCUT2D eigenvalue weighted by Crippen LogP contribution is 2.23. The Bertz CT molecular complexity index is 345. The van der Waals surface area contributed by atoms with Crippen molar-refractivity contribution in [1.29, 1.82) is 0 Å². The molecule has 5 nitrogen and oxygen atoms in total. The van der Waals surface area contributed by atoms with Gasteiger partial charge in [-0.1, -0.05) is 6.92 Å². The number of likely N-dealkylation sites (tertiary alicyclic amines) is 1. The first kappa shape index (κ1) is 14.5. The maximum absolute atomic E-state index is 12.2. The van der Waals surface area contributed by atoms with Gasteiger partial charge in [0.05, 0.1) is 0 Å². The lowest BCUT2D eigenvalue weighted by molar-refractivity contribution is -0.143. The van der Waals surface area contributed by atoms with Crippen molar-refractivity contribution in [3.8, 4) is 0 Å². The zero-order valence-electron chi connectivity index (χ0n) is 11.3. The topological polar surface area (TPSA) is 69.6 Å². The van der Waals surface area contributed by atoms with Crippen LogP contribution in [0.1, 0.15) is 32.6 Å². The van der Waals surface area contributed by atoms with E-state index in [0.29, 0.717) is 18.9 Å². The Hall–Kier alpha value is -0.910. The summed E-state index contributed by atoms with van der Waals surface area (Å²) in [4.78, 5) is 25.0. The molecule has 2 aliphatic heterocycles. The van der Waals surface area contributed by atoms with Crippen LogP contribution >= 0.6 is 11.8 Å². The molecule has 0 aliphatic carbocycles. The summed E-state index contributed by atoms with van der Waals surface area (Å²) in [5, 5.41) is 12.3. The monoisotopic (exact) mass is 286 g/mol. The van der Waals surface area contributed by atoms with E-state index in [1.54, 1.807) is 0 Å². The Labute approximate surface area is 118 Å². The summed E-state index contributed by atoms with van der Waals surface area (Å²) in [7, 11) is 0. The van der Waals surface area contributed by atoms with Crippen LogP contribution in [0.3, 0.4) is 0 Å². The first-order valence-electron chi connectivity index (χ1n) is 6.95. The number of carboxylic acid groups (broad SMARTS) is 1. The molecule has 108 valence electrons. The molecule has 0 saturated carbocycles. The van der Waals surface area contributed by atoms with Crippen LogP contribution in [-0.4, -0.2) is 52.1 Å². The molecule has 0 spiro atoms. The van der Waals surface area contributed by atoms with Crippen LogP contribution in [0.15, 0.2) is 0 Å². The molecule has 2 amide bonds. The second kappa shape index (κ2) is 6.50. The highest BCUT2D eigenvalue weighted by Gasteiger charge is 2.35. The van der Waals surface area contributed by atoms with Crippen LogP contribution in [0, 0.1) is 5.92 Å². The van der Waals surface area contributed by atoms with Crippen molar-refractivity contribution >= 4 is 23.8 Å². The van der Waals surface area contributed by atoms with Gasteiger partial charge in [0.1, 0.15) is 6.04 Å². The fraction of sp³-hybridized carbons (Fsp3) is 0.846. The van der Waals surface area contributed by atoms with Crippen LogP contribution < -0.4 is 5.32 Å². The minimum absolute atomic E-state index is 0.198. The van der Waals surface area contributed by atoms with Crippen molar-refractivity contribution < 1.29 is 14.7 Å². The Kier molecular flexibility index (Phi) is 4.96. The molecule has 0 aromatic carbocycles. The Balaban J connectivity index is 1.93. The summed E-state index contributed by atoms with van der Waals surface area (Å²) in [6.45, 7) is 2.59. The SMILES string of the molecule is CC1CCN(C(=O)NC2CCSCC2)C(C(=O)O)C1. The number of piperidine rings is 1. The highest BCUT2D eigenvalue weighted by atomic mass is 32.2. The lowest BCUT2D eigenvalue weighted by atomic mass is 9.92. The molecular weight excluding hydrogens is 264 g/mol. The molecular formula is C13H22N2O3S. The number of nitrogens with zero attached hydrogens (tertiary/aromatic N) is 1. The number of nitrogens with one attached hydrogen (secondary N) is 1. The molecule has 0 aromatic rings. The number of urea groups is 1. The van der Waals surface area contributed by atoms with Crippen molar-refractivity contribution in [1.82, 2.24) is 10.2 Å². The third-order valence-corrected chi connectivity index (χ3v) is 5.01. The maximum Gasteiger partial charge on any atom is 0.326 e. The van der Waals surface area contributed by atoms with E-state index in [-0.39, 0.29) is 12.1 Å². The fourth-order valence-corrected chi connectivity index (χ4v) is 3.82. The molecule has 2 rings (SSSR count). The fourth-order valence-electron chi connectivity index (χ4n) is 2.72. The number of carbonyl (C=O) groups is 2. The van der Waals surface area contributed by atoms with Gasteiger partial charge in [0.25, 0.3) is 0 Å². The summed E-state index contributed by atoms with van der Waals surface area (Å²) in [6, 6.07) is -0.652. The van der Waals surface area contributed by atoms with Gasteiger partial charge in [-0.25, -0.2) is 9.59 Å². The molecule has 2 unspecified atom stereocenters. The second-order valence-corrected chi connectivity index (χ2v) is 6.74. The Morgan fingerprint density at radius 1 is 1.26 bits per heavy atom. The van der Waals surface area contributed by atoms with E-state index in [4.69, 9.17) is 0 Å². The quantitative estimate of drug-likeness (QED) is 0.812. The van der Waals surface area contributed by atoms with Crippen LogP contribution in [0.2, 0.25) is 0 Å². The number of carboxylic acids is 1. The first-order chi connectivity index (χ1) is 9.08. The third kappa shape index (κ3) is 3.78. The predicted molar refractivity (Wildman–Crippen MR) is 75.4 cm³/mol. The van der Waals surface area contributed by atoms with Gasteiger partial charge in [0, 0.05) is 12.6 Å². The molecule has 0 bridgehead atoms. The molecule has 2 heterocycles. The number of thioether (sulfide) groups is 1. The van der Waals surface area contributed by atoms with Crippen molar-refractivity contribution in [2.75, 3.05) is 18.1 Å². The summed E-state index contributed by atoms with van der Waals surface area (Å²) in [5.41, 5.74) is 0. The van der Waals surface area contributed by atoms with Crippen LogP contribution in [0.4, 0.5) is 4.79 Å². The zero-order chi connectivity index (χ0) is 13.8. The van der Waals surface area contributed by atoms with E-state index < -0.39 is 12.0 Å². The second-order valence-electron chi connectivity index (χ2n) is 5.51. The summed E-state index contributed by atoms with van der Waals surface area (Å²) in [6.07, 6.45) is 3.41. The molecule has 2 fully saturated rings. The molecule has 0 aromatic heterocycles. The molecule has 0 radical (unpaired) electrons. The van der Waals surface area contributed by atoms with Crippen LogP contribution in [0.25, 0.3) is 0 Å². The summed E-state index contributed by atoms with van der Waals surface area (Å²) < 4.78 is 0. The lowest BCUT2D eigenvalue weighted by Crippen LogP contribution is -2.55. The van der Waals surface area contributed by atoms with Crippen molar-refractivity contribution in [2.45, 2.75) is 44.7 Å². The number of carbonyl (C=O) groups excluding carboxylic acids is 1. The first-order valence-corrected chi connectivity index (χ1v) is 8.11. The van der Waals surface area contributed by atoms with Gasteiger partial charge < -0.3 is 15.3 Å². The molecule has 2 saturated heterocycles. The van der Waals surface area contributed by atoms with Crippen molar-refractivity contribution in [3.05, 3.63) is 0 Å². The van der Waals surface area contributed by atoms with E-state index in [2.05, 4.69) is 5.32 Å². The highest BCUT2D eigenvalue weighted by molar-refractivity contribution is 7.99. The van der Waals surface area contributed by atoms with Crippen molar-refractivity contribution in [2.24, 2.45) is 5.92 Å². The van der Waals surface area contributed by atoms with Gasteiger partial charge in [0.2, 0.25) is 0 Å². The Morgan fingerprint density at radius 2 is 1.95 bits per heavy atom. The average Bonchev–Trinajstić information content (AvgIpc) is 2.39. The number of rotatable bonds is 2. The van der Waals surface area contributed by atoms with Gasteiger partial charge in [-0.3, -0.25) is 0 Å². The molecule has 2 aliphatic rings. The van der Waals surface area contributed by atoms with E-state index in [1.165, 1.54) is 4.90 Å². The van der Waals surface area contributed by atoms with E-state index in [1.807, 2.05) is 18.7 Å². The van der Waals surface area contributed by atoms with Crippen LogP contribution in [-0.2, 0) is 4.79 Å².